The van der Waals surface area contributed by atoms with Crippen LogP contribution in [0.25, 0.3) is 0 Å². The summed E-state index contributed by atoms with van der Waals surface area (Å²) in [5.41, 5.74) is -0.832. The molecule has 2 atom stereocenters. The number of carbonyl (C=O) groups is 3. The molecule has 6 nitrogen and oxygen atoms in total. The van der Waals surface area contributed by atoms with Crippen LogP contribution < -0.4 is 10.6 Å². The van der Waals surface area contributed by atoms with Crippen molar-refractivity contribution in [2.45, 2.75) is 77.7 Å². The lowest BCUT2D eigenvalue weighted by Gasteiger charge is -2.43. The summed E-state index contributed by atoms with van der Waals surface area (Å²) in [4.78, 5) is 38.9. The summed E-state index contributed by atoms with van der Waals surface area (Å²) in [6.45, 7) is 6.89. The third kappa shape index (κ3) is 4.04. The van der Waals surface area contributed by atoms with Crippen molar-refractivity contribution >= 4 is 17.8 Å². The van der Waals surface area contributed by atoms with Gasteiger partial charge in [-0.25, -0.2) is 4.79 Å². The second-order valence-corrected chi connectivity index (χ2v) is 9.57. The van der Waals surface area contributed by atoms with Crippen LogP contribution in [-0.2, 0) is 9.59 Å². The fourth-order valence-electron chi connectivity index (χ4n) is 5.50. The summed E-state index contributed by atoms with van der Waals surface area (Å²) in [7, 11) is 0. The van der Waals surface area contributed by atoms with Crippen molar-refractivity contribution in [1.82, 2.24) is 15.5 Å². The Bertz CT molecular complexity index is 583. The average Bonchev–Trinajstić information content (AvgIpc) is 2.75. The highest BCUT2D eigenvalue weighted by molar-refractivity contribution is 6.09. The molecule has 0 radical (unpaired) electrons. The Morgan fingerprint density at radius 3 is 2.54 bits per heavy atom. The second kappa shape index (κ2) is 7.20. The molecule has 0 aromatic rings. The lowest BCUT2D eigenvalue weighted by Crippen LogP contribution is -2.54. The first-order chi connectivity index (χ1) is 12.2. The Kier molecular flexibility index (Phi) is 5.31. The van der Waals surface area contributed by atoms with Crippen molar-refractivity contribution in [2.75, 3.05) is 13.1 Å². The van der Waals surface area contributed by atoms with Gasteiger partial charge in [0.05, 0.1) is 0 Å². The van der Waals surface area contributed by atoms with E-state index in [0.717, 1.165) is 24.2 Å². The van der Waals surface area contributed by atoms with Crippen LogP contribution in [0.3, 0.4) is 0 Å². The van der Waals surface area contributed by atoms with Crippen LogP contribution in [0.5, 0.6) is 0 Å². The lowest BCUT2D eigenvalue weighted by atomic mass is 9.64. The van der Waals surface area contributed by atoms with Crippen molar-refractivity contribution < 1.29 is 14.4 Å². The van der Waals surface area contributed by atoms with Crippen LogP contribution >= 0.6 is 0 Å². The predicted octanol–water partition coefficient (Wildman–Crippen LogP) is 2.82. The van der Waals surface area contributed by atoms with E-state index >= 15 is 0 Å². The number of hydrogen-bond donors (Lipinski definition) is 2. The number of hydrogen-bond acceptors (Lipinski definition) is 3. The molecule has 2 saturated carbocycles. The summed E-state index contributed by atoms with van der Waals surface area (Å²) in [6, 6.07) is -0.423. The van der Waals surface area contributed by atoms with Crippen LogP contribution in [0.15, 0.2) is 0 Å². The molecule has 1 saturated heterocycles. The van der Waals surface area contributed by atoms with Crippen LogP contribution in [0.4, 0.5) is 4.79 Å². The van der Waals surface area contributed by atoms with Gasteiger partial charge in [0, 0.05) is 6.54 Å². The minimum absolute atomic E-state index is 0.000141. The minimum atomic E-state index is -0.831. The van der Waals surface area contributed by atoms with E-state index in [1.165, 1.54) is 19.3 Å². The summed E-state index contributed by atoms with van der Waals surface area (Å²) >= 11 is 0. The first-order valence-corrected chi connectivity index (χ1v) is 10.1. The Balaban J connectivity index is 1.59. The number of urea groups is 1. The molecule has 26 heavy (non-hydrogen) atoms. The molecule has 0 aromatic carbocycles. The van der Waals surface area contributed by atoms with Gasteiger partial charge >= 0.3 is 6.03 Å². The fourth-order valence-corrected chi connectivity index (χ4v) is 5.50. The normalized spacial score (nSPS) is 32.0. The van der Waals surface area contributed by atoms with E-state index in [9.17, 15) is 14.4 Å². The second-order valence-electron chi connectivity index (χ2n) is 9.57. The molecular weight excluding hydrogens is 330 g/mol. The molecule has 0 bridgehead atoms. The predicted molar refractivity (Wildman–Crippen MR) is 99.4 cm³/mol. The molecule has 1 heterocycles. The molecular formula is C20H33N3O3. The number of nitrogens with one attached hydrogen (secondary N) is 2. The van der Waals surface area contributed by atoms with Gasteiger partial charge in [-0.1, -0.05) is 40.0 Å². The Labute approximate surface area is 156 Å². The van der Waals surface area contributed by atoms with Crippen molar-refractivity contribution in [1.29, 1.82) is 0 Å². The molecule has 1 spiro atoms. The molecule has 3 rings (SSSR count). The van der Waals surface area contributed by atoms with Crippen molar-refractivity contribution in [3.63, 3.8) is 0 Å². The summed E-state index contributed by atoms with van der Waals surface area (Å²) in [5, 5.41) is 5.85. The highest BCUT2D eigenvalue weighted by Gasteiger charge is 2.56. The number of nitrogens with zero attached hydrogens (tertiary/aromatic N) is 1. The van der Waals surface area contributed by atoms with Gasteiger partial charge < -0.3 is 10.6 Å². The molecule has 4 amide bonds. The molecule has 146 valence electrons. The van der Waals surface area contributed by atoms with E-state index in [0.29, 0.717) is 31.2 Å². The zero-order valence-corrected chi connectivity index (χ0v) is 16.4. The highest BCUT2D eigenvalue weighted by Crippen LogP contribution is 2.46. The average molecular weight is 364 g/mol. The van der Waals surface area contributed by atoms with E-state index in [-0.39, 0.29) is 23.8 Å². The molecule has 6 heteroatoms. The Morgan fingerprint density at radius 2 is 1.88 bits per heavy atom. The third-order valence-corrected chi connectivity index (χ3v) is 6.24. The van der Waals surface area contributed by atoms with E-state index < -0.39 is 11.6 Å². The topological polar surface area (TPSA) is 78.5 Å². The summed E-state index contributed by atoms with van der Waals surface area (Å²) in [5.74, 6) is 0.430. The zero-order valence-electron chi connectivity index (χ0n) is 16.4. The van der Waals surface area contributed by atoms with Gasteiger partial charge in [-0.3, -0.25) is 14.5 Å². The molecule has 0 unspecified atom stereocenters. The quantitative estimate of drug-likeness (QED) is 0.754. The molecule has 2 aliphatic carbocycles. The van der Waals surface area contributed by atoms with E-state index in [1.807, 2.05) is 0 Å². The lowest BCUT2D eigenvalue weighted by molar-refractivity contribution is -0.137. The molecule has 3 aliphatic rings. The maximum absolute atomic E-state index is 13.0. The van der Waals surface area contributed by atoms with Gasteiger partial charge in [0.15, 0.2) is 0 Å². The van der Waals surface area contributed by atoms with Crippen LogP contribution in [0.1, 0.15) is 72.1 Å². The van der Waals surface area contributed by atoms with Crippen LogP contribution in [0.2, 0.25) is 0 Å². The monoisotopic (exact) mass is 363 g/mol. The van der Waals surface area contributed by atoms with E-state index in [1.54, 1.807) is 0 Å². The third-order valence-electron chi connectivity index (χ3n) is 6.24. The first kappa shape index (κ1) is 19.2. The summed E-state index contributed by atoms with van der Waals surface area (Å²) < 4.78 is 0. The SMILES string of the molecule is C[C@H]1CC(C)(C)C[C@@]2(C1)NC(=O)N(CC(=O)NCC1CCCCC1)C2=O. The van der Waals surface area contributed by atoms with Gasteiger partial charge in [0.2, 0.25) is 5.91 Å². The Hall–Kier alpha value is -1.59. The molecule has 0 aromatic heterocycles. The zero-order chi connectivity index (χ0) is 18.9. The molecule has 2 N–H and O–H groups in total. The van der Waals surface area contributed by atoms with Gasteiger partial charge in [-0.05, 0) is 49.4 Å². The number of carbonyl (C=O) groups excluding carboxylic acids is 3. The first-order valence-electron chi connectivity index (χ1n) is 10.1. The van der Waals surface area contributed by atoms with Crippen LogP contribution in [-0.4, -0.2) is 41.4 Å². The smallest absolute Gasteiger partial charge is 0.325 e. The highest BCUT2D eigenvalue weighted by atomic mass is 16.2. The van der Waals surface area contributed by atoms with Gasteiger partial charge in [0.25, 0.3) is 5.91 Å². The van der Waals surface area contributed by atoms with Crippen LogP contribution in [0, 0.1) is 17.3 Å². The maximum atomic E-state index is 13.0. The number of imide groups is 1. The van der Waals surface area contributed by atoms with Gasteiger partial charge in [-0.15, -0.1) is 0 Å². The number of rotatable bonds is 4. The molecule has 1 aliphatic heterocycles. The Morgan fingerprint density at radius 1 is 1.19 bits per heavy atom. The van der Waals surface area contributed by atoms with Gasteiger partial charge in [0.1, 0.15) is 12.1 Å². The summed E-state index contributed by atoms with van der Waals surface area (Å²) in [6.07, 6.45) is 8.37. The minimum Gasteiger partial charge on any atom is -0.354 e. The molecule has 3 fully saturated rings. The van der Waals surface area contributed by atoms with E-state index in [4.69, 9.17) is 0 Å². The van der Waals surface area contributed by atoms with Crippen molar-refractivity contribution in [3.8, 4) is 0 Å². The van der Waals surface area contributed by atoms with Crippen molar-refractivity contribution in [3.05, 3.63) is 0 Å². The standard InChI is InChI=1S/C20H33N3O3/c1-14-9-19(2,3)13-20(10-14)17(25)23(18(26)22-20)12-16(24)21-11-15-7-5-4-6-8-15/h14-15H,4-13H2,1-3H3,(H,21,24)(H,22,26)/t14-,20+/m0/s1. The van der Waals surface area contributed by atoms with Crippen molar-refractivity contribution in [2.24, 2.45) is 17.3 Å². The largest absolute Gasteiger partial charge is 0.354 e. The number of amides is 4. The van der Waals surface area contributed by atoms with Gasteiger partial charge in [-0.2, -0.15) is 0 Å². The van der Waals surface area contributed by atoms with E-state index in [2.05, 4.69) is 31.4 Å². The maximum Gasteiger partial charge on any atom is 0.325 e. The fraction of sp³-hybridized carbons (Fsp3) is 0.850.